The topological polar surface area (TPSA) is 81.8 Å². The van der Waals surface area contributed by atoms with E-state index in [2.05, 4.69) is 22.4 Å². The first-order valence-corrected chi connectivity index (χ1v) is 9.68. The van der Waals surface area contributed by atoms with E-state index < -0.39 is 0 Å². The van der Waals surface area contributed by atoms with Gasteiger partial charge < -0.3 is 0 Å². The molecule has 1 atom stereocenters. The number of hydrogen-bond donors (Lipinski definition) is 1. The lowest BCUT2D eigenvalue weighted by molar-refractivity contribution is 0.0996. The zero-order chi connectivity index (χ0) is 18.4. The van der Waals surface area contributed by atoms with Crippen LogP contribution in [0.5, 0.6) is 0 Å². The molecule has 3 aromatic heterocycles. The first kappa shape index (κ1) is 17.0. The van der Waals surface area contributed by atoms with Gasteiger partial charge in [-0.2, -0.15) is 5.10 Å². The molecule has 1 aliphatic rings. The summed E-state index contributed by atoms with van der Waals surface area (Å²) in [4.78, 5) is 32.3. The van der Waals surface area contributed by atoms with Gasteiger partial charge in [-0.25, -0.2) is 9.66 Å². The Bertz CT molecular complexity index is 1060. The van der Waals surface area contributed by atoms with Crippen LogP contribution in [0.4, 0.5) is 0 Å². The number of thiophene rings is 1. The molecular weight excluding hydrogens is 350 g/mol. The van der Waals surface area contributed by atoms with Gasteiger partial charge in [-0.1, -0.05) is 6.92 Å². The van der Waals surface area contributed by atoms with Crippen molar-refractivity contribution in [3.8, 4) is 0 Å². The molecule has 3 heterocycles. The van der Waals surface area contributed by atoms with Crippen LogP contribution in [0.15, 0.2) is 17.1 Å². The maximum Gasteiger partial charge on any atom is 0.288 e. The van der Waals surface area contributed by atoms with Crippen molar-refractivity contribution in [2.75, 3.05) is 5.43 Å². The summed E-state index contributed by atoms with van der Waals surface area (Å²) in [5.74, 6) is 0.742. The first-order chi connectivity index (χ1) is 12.5. The number of nitrogens with one attached hydrogen (secondary N) is 1. The predicted octanol–water partition coefficient (Wildman–Crippen LogP) is 2.49. The monoisotopic (exact) mass is 371 g/mol. The highest BCUT2D eigenvalue weighted by Gasteiger charge is 2.24. The van der Waals surface area contributed by atoms with Crippen LogP contribution in [0.2, 0.25) is 0 Å². The van der Waals surface area contributed by atoms with Crippen LogP contribution < -0.4 is 11.0 Å². The molecule has 8 heteroatoms. The van der Waals surface area contributed by atoms with E-state index in [0.717, 1.165) is 29.7 Å². The van der Waals surface area contributed by atoms with Gasteiger partial charge in [-0.15, -0.1) is 11.3 Å². The molecule has 3 aromatic rings. The minimum Gasteiger partial charge on any atom is -0.267 e. The molecule has 1 N–H and O–H groups in total. The van der Waals surface area contributed by atoms with Crippen LogP contribution in [0.25, 0.3) is 10.2 Å². The van der Waals surface area contributed by atoms with E-state index in [1.165, 1.54) is 9.55 Å². The summed E-state index contributed by atoms with van der Waals surface area (Å²) in [6, 6.07) is 1.64. The molecule has 4 rings (SSSR count). The lowest BCUT2D eigenvalue weighted by atomic mass is 9.89. The van der Waals surface area contributed by atoms with Crippen molar-refractivity contribution in [3.63, 3.8) is 0 Å². The van der Waals surface area contributed by atoms with Gasteiger partial charge in [0.1, 0.15) is 16.3 Å². The van der Waals surface area contributed by atoms with Gasteiger partial charge in [0.15, 0.2) is 0 Å². The molecule has 0 spiro atoms. The highest BCUT2D eigenvalue weighted by Crippen LogP contribution is 2.35. The Labute approximate surface area is 154 Å². The van der Waals surface area contributed by atoms with Crippen molar-refractivity contribution >= 4 is 27.5 Å². The van der Waals surface area contributed by atoms with Crippen LogP contribution >= 0.6 is 11.3 Å². The number of carbonyl (C=O) groups excluding carboxylic acids is 1. The maximum absolute atomic E-state index is 13.1. The average molecular weight is 371 g/mol. The fourth-order valence-corrected chi connectivity index (χ4v) is 4.98. The lowest BCUT2D eigenvalue weighted by Gasteiger charge is -2.17. The van der Waals surface area contributed by atoms with E-state index in [1.807, 2.05) is 6.92 Å². The minimum absolute atomic E-state index is 0.199. The van der Waals surface area contributed by atoms with Gasteiger partial charge in [-0.3, -0.25) is 19.7 Å². The number of rotatable bonds is 3. The highest BCUT2D eigenvalue weighted by molar-refractivity contribution is 7.18. The second kappa shape index (κ2) is 6.35. The second-order valence-corrected chi connectivity index (χ2v) is 7.89. The van der Waals surface area contributed by atoms with Crippen molar-refractivity contribution in [2.45, 2.75) is 46.6 Å². The molecule has 26 heavy (non-hydrogen) atoms. The molecule has 0 fully saturated rings. The van der Waals surface area contributed by atoms with Crippen molar-refractivity contribution in [3.05, 3.63) is 44.6 Å². The Kier molecular flexibility index (Phi) is 4.14. The number of carbonyl (C=O) groups is 1. The number of aryl methyl sites for hydroxylation is 3. The molecule has 7 nitrogen and oxygen atoms in total. The Morgan fingerprint density at radius 1 is 1.46 bits per heavy atom. The van der Waals surface area contributed by atoms with Crippen LogP contribution in [0.3, 0.4) is 0 Å². The van der Waals surface area contributed by atoms with Gasteiger partial charge in [0.05, 0.1) is 5.39 Å². The van der Waals surface area contributed by atoms with E-state index in [1.54, 1.807) is 35.2 Å². The zero-order valence-electron chi connectivity index (χ0n) is 15.1. The summed E-state index contributed by atoms with van der Waals surface area (Å²) in [7, 11) is 0. The third-order valence-corrected chi connectivity index (χ3v) is 6.11. The molecule has 0 bridgehead atoms. The van der Waals surface area contributed by atoms with E-state index in [9.17, 15) is 9.59 Å². The Hall–Kier alpha value is -2.48. The third kappa shape index (κ3) is 2.65. The maximum atomic E-state index is 13.1. The molecular formula is C18H21N5O2S. The fourth-order valence-electron chi connectivity index (χ4n) is 3.56. The summed E-state index contributed by atoms with van der Waals surface area (Å²) in [5.41, 5.74) is 4.03. The normalized spacial score (nSPS) is 16.7. The van der Waals surface area contributed by atoms with E-state index in [4.69, 9.17) is 0 Å². The molecule has 0 radical (unpaired) electrons. The Morgan fingerprint density at radius 3 is 3.04 bits per heavy atom. The first-order valence-electron chi connectivity index (χ1n) is 8.86. The number of hydrogen-bond acceptors (Lipinski definition) is 5. The van der Waals surface area contributed by atoms with Gasteiger partial charge in [0.2, 0.25) is 0 Å². The average Bonchev–Trinajstić information content (AvgIpc) is 3.21. The van der Waals surface area contributed by atoms with Crippen molar-refractivity contribution in [1.82, 2.24) is 19.4 Å². The number of fused-ring (bicyclic) bond motifs is 3. The number of amides is 1. The smallest absolute Gasteiger partial charge is 0.267 e. The Balaban J connectivity index is 1.78. The predicted molar refractivity (Wildman–Crippen MR) is 101 cm³/mol. The summed E-state index contributed by atoms with van der Waals surface area (Å²) in [6.45, 7) is 6.46. The Morgan fingerprint density at radius 2 is 2.27 bits per heavy atom. The standard InChI is InChI=1S/C18H21N5O2S/c1-4-22-13(7-8-19-22)16(24)21-23-11(3)20-17-15(18(23)25)12-6-5-10(2)9-14(12)26-17/h7-8,10H,4-6,9H2,1-3H3,(H,21,24)/t10-/m0/s1. The molecule has 0 unspecified atom stereocenters. The van der Waals surface area contributed by atoms with Crippen LogP contribution in [0.1, 0.15) is 47.0 Å². The summed E-state index contributed by atoms with van der Waals surface area (Å²) in [5, 5.41) is 4.76. The van der Waals surface area contributed by atoms with E-state index in [0.29, 0.717) is 29.4 Å². The van der Waals surface area contributed by atoms with E-state index in [-0.39, 0.29) is 11.5 Å². The molecule has 0 saturated heterocycles. The SMILES string of the molecule is CCn1nccc1C(=O)Nn1c(C)nc2sc3c(c2c1=O)CC[C@H](C)C3. The summed E-state index contributed by atoms with van der Waals surface area (Å²) < 4.78 is 2.86. The fraction of sp³-hybridized carbons (Fsp3) is 0.444. The molecule has 0 aliphatic heterocycles. The molecule has 1 amide bonds. The quantitative estimate of drug-likeness (QED) is 0.767. The van der Waals surface area contributed by atoms with Crippen molar-refractivity contribution in [1.29, 1.82) is 0 Å². The molecule has 136 valence electrons. The highest BCUT2D eigenvalue weighted by atomic mass is 32.1. The molecule has 0 aromatic carbocycles. The molecule has 0 saturated carbocycles. The largest absolute Gasteiger partial charge is 0.288 e. The zero-order valence-corrected chi connectivity index (χ0v) is 15.9. The minimum atomic E-state index is -0.367. The third-order valence-electron chi connectivity index (χ3n) is 4.96. The van der Waals surface area contributed by atoms with Crippen molar-refractivity contribution in [2.24, 2.45) is 5.92 Å². The molecule has 1 aliphatic carbocycles. The van der Waals surface area contributed by atoms with Gasteiger partial charge in [-0.05, 0) is 50.7 Å². The summed E-state index contributed by atoms with van der Waals surface area (Å²) in [6.07, 6.45) is 4.55. The van der Waals surface area contributed by atoms with Crippen molar-refractivity contribution < 1.29 is 4.79 Å². The van der Waals surface area contributed by atoms with E-state index >= 15 is 0 Å². The van der Waals surface area contributed by atoms with Crippen LogP contribution in [0, 0.1) is 12.8 Å². The number of nitrogens with zero attached hydrogens (tertiary/aromatic N) is 4. The van der Waals surface area contributed by atoms with Gasteiger partial charge in [0, 0.05) is 17.6 Å². The van der Waals surface area contributed by atoms with Gasteiger partial charge in [0.25, 0.3) is 11.5 Å². The summed E-state index contributed by atoms with van der Waals surface area (Å²) >= 11 is 1.61. The van der Waals surface area contributed by atoms with Crippen LogP contribution in [-0.2, 0) is 19.4 Å². The second-order valence-electron chi connectivity index (χ2n) is 6.80. The lowest BCUT2D eigenvalue weighted by Crippen LogP contribution is -2.36. The number of aromatic nitrogens is 4. The van der Waals surface area contributed by atoms with Crippen LogP contribution in [-0.4, -0.2) is 25.3 Å². The van der Waals surface area contributed by atoms with Gasteiger partial charge >= 0.3 is 0 Å².